The number of aromatic nitrogens is 2. The molecular weight excluding hydrogens is 330 g/mol. The fourth-order valence-corrected chi connectivity index (χ4v) is 4.77. The molecule has 0 amide bonds. The molecule has 0 unspecified atom stereocenters. The molecule has 1 atom stereocenters. The van der Waals surface area contributed by atoms with E-state index in [0.717, 1.165) is 17.0 Å². The number of nitrogens with zero attached hydrogens (tertiary/aromatic N) is 3. The van der Waals surface area contributed by atoms with Crippen LogP contribution in [-0.4, -0.2) is 47.1 Å². The molecule has 1 aliphatic heterocycles. The zero-order valence-electron chi connectivity index (χ0n) is 13.9. The maximum absolute atomic E-state index is 13.2. The summed E-state index contributed by atoms with van der Waals surface area (Å²) in [6.07, 6.45) is 2.09. The lowest BCUT2D eigenvalue weighted by atomic mass is 10.1. The van der Waals surface area contributed by atoms with Gasteiger partial charge in [0.05, 0.1) is 38.3 Å². The molecule has 0 saturated carbocycles. The molecule has 3 rings (SSSR count). The lowest BCUT2D eigenvalue weighted by molar-refractivity contribution is 0.170. The number of ether oxygens (including phenoxy) is 1. The quantitative estimate of drug-likeness (QED) is 0.883. The van der Waals surface area contributed by atoms with Crippen LogP contribution in [0.15, 0.2) is 29.4 Å². The topological polar surface area (TPSA) is 84.7 Å². The summed E-state index contributed by atoms with van der Waals surface area (Å²) < 4.78 is 34.8. The number of aryl methyl sites for hydroxylation is 2. The van der Waals surface area contributed by atoms with Crippen LogP contribution >= 0.6 is 0 Å². The van der Waals surface area contributed by atoms with Crippen LogP contribution in [0.4, 0.5) is 0 Å². The second-order valence-corrected chi connectivity index (χ2v) is 7.85. The van der Waals surface area contributed by atoms with Gasteiger partial charge in [-0.05, 0) is 24.6 Å². The third-order valence-electron chi connectivity index (χ3n) is 4.40. The summed E-state index contributed by atoms with van der Waals surface area (Å²) in [5, 5.41) is 9.73. The van der Waals surface area contributed by atoms with Gasteiger partial charge in [-0.3, -0.25) is 0 Å². The van der Waals surface area contributed by atoms with Crippen molar-refractivity contribution >= 4 is 10.0 Å². The van der Waals surface area contributed by atoms with E-state index in [2.05, 4.69) is 4.98 Å². The summed E-state index contributed by atoms with van der Waals surface area (Å²) in [5.41, 5.74) is 2.59. The molecule has 2 heterocycles. The minimum absolute atomic E-state index is 0.105. The van der Waals surface area contributed by atoms with Crippen LogP contribution < -0.4 is 4.74 Å². The Labute approximate surface area is 141 Å². The van der Waals surface area contributed by atoms with Crippen LogP contribution in [0.3, 0.4) is 0 Å². The van der Waals surface area contributed by atoms with Crippen molar-refractivity contribution in [3.05, 3.63) is 41.5 Å². The van der Waals surface area contributed by atoms with Gasteiger partial charge in [0.15, 0.2) is 0 Å². The van der Waals surface area contributed by atoms with Crippen molar-refractivity contribution in [2.24, 2.45) is 7.05 Å². The van der Waals surface area contributed by atoms with Gasteiger partial charge < -0.3 is 14.4 Å². The van der Waals surface area contributed by atoms with Crippen molar-refractivity contribution < 1.29 is 18.3 Å². The van der Waals surface area contributed by atoms with E-state index in [-0.39, 0.29) is 18.0 Å². The number of hydrogen-bond donors (Lipinski definition) is 1. The zero-order valence-corrected chi connectivity index (χ0v) is 14.7. The Morgan fingerprint density at radius 1 is 1.42 bits per heavy atom. The summed E-state index contributed by atoms with van der Waals surface area (Å²) >= 11 is 0. The van der Waals surface area contributed by atoms with Crippen molar-refractivity contribution in [1.82, 2.24) is 13.9 Å². The molecule has 1 N–H and O–H groups in total. The number of benzene rings is 1. The number of aliphatic hydroxyl groups excluding tert-OH is 1. The number of methoxy groups -OCH3 is 1. The molecule has 0 fully saturated rings. The molecule has 130 valence electrons. The lowest BCUT2D eigenvalue weighted by Gasteiger charge is -2.33. The number of aliphatic hydroxyl groups is 1. The molecule has 0 spiro atoms. The average molecular weight is 351 g/mol. The highest BCUT2D eigenvalue weighted by molar-refractivity contribution is 7.89. The largest absolute Gasteiger partial charge is 0.495 e. The number of hydrogen-bond acceptors (Lipinski definition) is 5. The molecule has 0 saturated heterocycles. The third kappa shape index (κ3) is 2.70. The van der Waals surface area contributed by atoms with E-state index in [4.69, 9.17) is 4.74 Å². The summed E-state index contributed by atoms with van der Waals surface area (Å²) in [7, 11) is -0.500. The minimum atomic E-state index is -3.82. The highest BCUT2D eigenvalue weighted by Gasteiger charge is 2.38. The second-order valence-electron chi connectivity index (χ2n) is 5.99. The number of sulfonamides is 1. The van der Waals surface area contributed by atoms with Gasteiger partial charge in [0.2, 0.25) is 10.0 Å². The first kappa shape index (κ1) is 16.9. The van der Waals surface area contributed by atoms with Gasteiger partial charge >= 0.3 is 0 Å². The molecule has 1 aromatic heterocycles. The normalized spacial score (nSPS) is 18.4. The maximum atomic E-state index is 13.2. The highest BCUT2D eigenvalue weighted by atomic mass is 32.2. The van der Waals surface area contributed by atoms with E-state index in [9.17, 15) is 13.5 Å². The van der Waals surface area contributed by atoms with Gasteiger partial charge in [-0.25, -0.2) is 13.4 Å². The lowest BCUT2D eigenvalue weighted by Crippen LogP contribution is -2.46. The Balaban J connectivity index is 2.06. The van der Waals surface area contributed by atoms with Crippen LogP contribution in [-0.2, 0) is 30.0 Å². The number of fused-ring (bicyclic) bond motifs is 1. The first-order chi connectivity index (χ1) is 11.4. The van der Waals surface area contributed by atoms with Crippen LogP contribution in [0.5, 0.6) is 5.75 Å². The van der Waals surface area contributed by atoms with Gasteiger partial charge in [-0.15, -0.1) is 0 Å². The summed E-state index contributed by atoms with van der Waals surface area (Å²) in [6.45, 7) is 1.76. The first-order valence-corrected chi connectivity index (χ1v) is 9.09. The molecular formula is C16H21N3O4S. The molecule has 8 heteroatoms. The predicted molar refractivity (Wildman–Crippen MR) is 88.2 cm³/mol. The second kappa shape index (κ2) is 6.19. The fourth-order valence-electron chi connectivity index (χ4n) is 3.05. The van der Waals surface area contributed by atoms with Crippen molar-refractivity contribution in [2.45, 2.75) is 30.8 Å². The standard InChI is InChI=1S/C16H21N3O4S/c1-11-4-5-16(15(6-11)23-3)24(21,22)19-8-13-14(7-12(19)9-20)18(2)10-17-13/h4-6,10,12,20H,7-9H2,1-3H3/t12-/m1/s1. The monoisotopic (exact) mass is 351 g/mol. The number of rotatable bonds is 4. The van der Waals surface area contributed by atoms with E-state index in [1.807, 2.05) is 18.5 Å². The van der Waals surface area contributed by atoms with Crippen LogP contribution in [0, 0.1) is 6.92 Å². The Bertz CT molecular complexity index is 860. The number of imidazole rings is 1. The van der Waals surface area contributed by atoms with Crippen molar-refractivity contribution in [3.63, 3.8) is 0 Å². The summed E-state index contributed by atoms with van der Waals surface area (Å²) in [5.74, 6) is 0.304. The Morgan fingerprint density at radius 2 is 2.17 bits per heavy atom. The van der Waals surface area contributed by atoms with Gasteiger partial charge in [-0.1, -0.05) is 6.07 Å². The van der Waals surface area contributed by atoms with Gasteiger partial charge in [-0.2, -0.15) is 4.31 Å². The van der Waals surface area contributed by atoms with Gasteiger partial charge in [0.1, 0.15) is 10.6 Å². The first-order valence-electron chi connectivity index (χ1n) is 7.65. The van der Waals surface area contributed by atoms with Crippen LogP contribution in [0.1, 0.15) is 17.0 Å². The Kier molecular flexibility index (Phi) is 4.37. The fraction of sp³-hybridized carbons (Fsp3) is 0.438. The molecule has 1 aromatic carbocycles. The SMILES string of the molecule is COc1cc(C)ccc1S(=O)(=O)N1Cc2ncn(C)c2C[C@@H]1CO. The van der Waals surface area contributed by atoms with Gasteiger partial charge in [0, 0.05) is 19.2 Å². The molecule has 2 aromatic rings. The minimum Gasteiger partial charge on any atom is -0.495 e. The molecule has 24 heavy (non-hydrogen) atoms. The zero-order chi connectivity index (χ0) is 17.5. The maximum Gasteiger partial charge on any atom is 0.247 e. The Morgan fingerprint density at radius 3 is 2.83 bits per heavy atom. The highest BCUT2D eigenvalue weighted by Crippen LogP contribution is 2.32. The van der Waals surface area contributed by atoms with Crippen LogP contribution in [0.25, 0.3) is 0 Å². The van der Waals surface area contributed by atoms with Crippen molar-refractivity contribution in [3.8, 4) is 5.75 Å². The predicted octanol–water partition coefficient (Wildman–Crippen LogP) is 0.845. The van der Waals surface area contributed by atoms with Crippen molar-refractivity contribution in [2.75, 3.05) is 13.7 Å². The van der Waals surface area contributed by atoms with E-state index >= 15 is 0 Å². The molecule has 0 radical (unpaired) electrons. The Hall–Kier alpha value is -1.90. The van der Waals surface area contributed by atoms with E-state index < -0.39 is 16.1 Å². The van der Waals surface area contributed by atoms with Crippen molar-refractivity contribution in [1.29, 1.82) is 0 Å². The molecule has 0 aliphatic carbocycles. The molecule has 1 aliphatic rings. The molecule has 7 nitrogen and oxygen atoms in total. The summed E-state index contributed by atoms with van der Waals surface area (Å²) in [4.78, 5) is 4.39. The van der Waals surface area contributed by atoms with E-state index in [1.165, 1.54) is 11.4 Å². The van der Waals surface area contributed by atoms with Gasteiger partial charge in [0.25, 0.3) is 0 Å². The van der Waals surface area contributed by atoms with Crippen LogP contribution in [0.2, 0.25) is 0 Å². The molecule has 0 bridgehead atoms. The third-order valence-corrected chi connectivity index (χ3v) is 6.34. The summed E-state index contributed by atoms with van der Waals surface area (Å²) in [6, 6.07) is 4.45. The average Bonchev–Trinajstić information content (AvgIpc) is 2.93. The smallest absolute Gasteiger partial charge is 0.247 e. The van der Waals surface area contributed by atoms with E-state index in [1.54, 1.807) is 24.5 Å². The van der Waals surface area contributed by atoms with E-state index in [0.29, 0.717) is 12.2 Å².